The Morgan fingerprint density at radius 3 is 1.38 bits per heavy atom. The molecule has 0 radical (unpaired) electrons. The lowest BCUT2D eigenvalue weighted by atomic mass is 9.33. The van der Waals surface area contributed by atoms with E-state index in [1.165, 1.54) is 11.1 Å². The molecule has 0 N–H and O–H groups in total. The second kappa shape index (κ2) is 24.1. The molecule has 114 heavy (non-hydrogen) atoms. The lowest BCUT2D eigenvalue weighted by molar-refractivity contribution is 0.590. The van der Waals surface area contributed by atoms with Crippen LogP contribution in [0.15, 0.2) is 333 Å². The van der Waals surface area contributed by atoms with E-state index in [1.54, 1.807) is 4.57 Å². The third-order valence-electron chi connectivity index (χ3n) is 24.6. The molecule has 542 valence electrons. The Bertz CT molecular complexity index is 8400. The van der Waals surface area contributed by atoms with Gasteiger partial charge in [-0.3, -0.25) is 0 Å². The summed E-state index contributed by atoms with van der Waals surface area (Å²) >= 11 is 0. The van der Waals surface area contributed by atoms with Crippen molar-refractivity contribution in [3.63, 3.8) is 0 Å². The first-order valence-electron chi connectivity index (χ1n) is 45.9. The quantitative estimate of drug-likeness (QED) is 0.152. The average Bonchev–Trinajstić information content (AvgIpc) is 1.53. The number of fused-ring (bicyclic) bond motifs is 24. The van der Waals surface area contributed by atoms with Gasteiger partial charge in [0.15, 0.2) is 0 Å². The summed E-state index contributed by atoms with van der Waals surface area (Å²) in [6.45, 7) is 19.4. The van der Waals surface area contributed by atoms with Crippen molar-refractivity contribution in [2.75, 3.05) is 4.90 Å². The van der Waals surface area contributed by atoms with Crippen molar-refractivity contribution in [3.05, 3.63) is 350 Å². The van der Waals surface area contributed by atoms with Gasteiger partial charge in [-0.25, -0.2) is 0 Å². The summed E-state index contributed by atoms with van der Waals surface area (Å²) in [6, 6.07) is 85.0. The van der Waals surface area contributed by atoms with Crippen molar-refractivity contribution in [2.45, 2.75) is 78.6 Å². The summed E-state index contributed by atoms with van der Waals surface area (Å²) in [4.78, 5) is 2.44. The van der Waals surface area contributed by atoms with E-state index in [0.717, 1.165) is 170 Å². The van der Waals surface area contributed by atoms with Crippen molar-refractivity contribution in [3.8, 4) is 50.4 Å². The van der Waals surface area contributed by atoms with E-state index < -0.39 is 78.6 Å². The molecule has 5 aromatic heterocycles. The maximum absolute atomic E-state index is 10.1. The highest BCUT2D eigenvalue weighted by Crippen LogP contribution is 2.56. The van der Waals surface area contributed by atoms with Crippen LogP contribution in [0.5, 0.6) is 0 Å². The first-order chi connectivity index (χ1) is 60.9. The Labute approximate surface area is 681 Å². The van der Waals surface area contributed by atoms with Gasteiger partial charge >= 0.3 is 0 Å². The zero-order chi connectivity index (χ0) is 87.8. The highest BCUT2D eigenvalue weighted by atomic mass is 15.2. The van der Waals surface area contributed by atoms with Crippen LogP contribution in [-0.4, -0.2) is 24.8 Å². The summed E-state index contributed by atoms with van der Waals surface area (Å²) in [7, 11) is 0. The maximum atomic E-state index is 10.1. The van der Waals surface area contributed by atoms with Gasteiger partial charge in [0.2, 0.25) is 0 Å². The first-order valence-corrected chi connectivity index (χ1v) is 39.4. The minimum Gasteiger partial charge on any atom is -0.310 e. The molecule has 2 aliphatic rings. The highest BCUT2D eigenvalue weighted by Gasteiger charge is 2.46. The molecular formula is C108H82BN5. The minimum absolute atomic E-state index is 0.0272. The minimum atomic E-state index is -0.827. The molecule has 0 unspecified atom stereocenters. The molecule has 0 spiro atoms. The standard InChI is InChI=1S/C108H82BN5/c1-106(2,3)69-48-53-94-85(58-69)86-59-70(107(4,5)6)49-54-95(86)110(94)72-51-55-96-87(62-72)88-56-68(65-30-13-10-14-31-65)57-90-104(88)113(96)99-64-98-100(82-44-29-43-81-77-39-22-20-37-75(77)74-36-19-21-38-76(74)78-40-23-28-47-93(78)112(98)102(81)82)105-101(99)109(90)89-52-50-73(111-91-45-26-24-41-79(91)80-42-25-27-46-92(80)111)63-97(89)114(105)103-83(66-32-15-11-16-33-66)60-71(108(7,8)9)61-84(103)67-34-17-12-18-35-67/h10-64H,1-9H3/i10D,13D,14D,24D,25D,26D,27D,30D,31D,41D,42D,45D,46D. The molecule has 0 aliphatic carbocycles. The van der Waals surface area contributed by atoms with Gasteiger partial charge in [0.1, 0.15) is 0 Å². The molecule has 0 atom stereocenters. The van der Waals surface area contributed by atoms with Crippen LogP contribution in [0.1, 0.15) is 96.8 Å². The van der Waals surface area contributed by atoms with Crippen molar-refractivity contribution >= 4 is 165 Å². The maximum Gasteiger partial charge on any atom is 0.252 e. The molecule has 5 nitrogen and oxygen atoms in total. The molecule has 16 aromatic carbocycles. The Kier molecular flexibility index (Phi) is 11.5. The van der Waals surface area contributed by atoms with E-state index >= 15 is 0 Å². The summed E-state index contributed by atoms with van der Waals surface area (Å²) in [5.74, 6) is 0. The van der Waals surface area contributed by atoms with E-state index in [-0.39, 0.29) is 50.3 Å². The third kappa shape index (κ3) is 9.55. The highest BCUT2D eigenvalue weighted by molar-refractivity contribution is 7.00. The molecule has 7 heterocycles. The molecule has 0 amide bonds. The smallest absolute Gasteiger partial charge is 0.252 e. The van der Waals surface area contributed by atoms with E-state index in [1.807, 2.05) is 30.3 Å². The van der Waals surface area contributed by atoms with Crippen LogP contribution in [0.4, 0.5) is 17.1 Å². The van der Waals surface area contributed by atoms with Crippen LogP contribution in [0.3, 0.4) is 0 Å². The molecule has 6 heteroatoms. The third-order valence-corrected chi connectivity index (χ3v) is 24.6. The van der Waals surface area contributed by atoms with Gasteiger partial charge in [-0.1, -0.05) is 299 Å². The molecule has 23 rings (SSSR count). The lowest BCUT2D eigenvalue weighted by Crippen LogP contribution is -2.60. The van der Waals surface area contributed by atoms with Crippen LogP contribution in [0, 0.1) is 0 Å². The number of hydrogen-bond donors (Lipinski definition) is 0. The Morgan fingerprint density at radius 2 is 0.763 bits per heavy atom. The van der Waals surface area contributed by atoms with E-state index in [0.29, 0.717) is 16.9 Å². The molecule has 0 saturated carbocycles. The molecule has 21 aromatic rings. The number of aromatic nitrogens is 4. The SMILES string of the molecule is [2H]c1c([2H])c([2H])c(-c2cc3c4c(c2)c2cc(-n5c6ccc(C(C)(C)C)cc6c6cc(C(C)(C)C)ccc65)ccc2n4-c2cc4c(c5c2B3c2ccc(-n3c6c([2H])c([2H])c([2H])c([2H])c6c6c([2H])c([2H])c([2H])c([2H])c63)cc2N5c2c(-c3ccccc3)cc(C(C)(C)C)cc2-c2ccccc2)c2cccc3c5ccccc5c5ccccc5c5ccccc5n4c32)c([2H])c1[2H]. The second-order valence-electron chi connectivity index (χ2n) is 34.2. The van der Waals surface area contributed by atoms with Crippen LogP contribution >= 0.6 is 0 Å². The van der Waals surface area contributed by atoms with Crippen LogP contribution in [0.2, 0.25) is 0 Å². The van der Waals surface area contributed by atoms with Crippen molar-refractivity contribution in [2.24, 2.45) is 0 Å². The number of nitrogens with zero attached hydrogens (tertiary/aromatic N) is 5. The van der Waals surface area contributed by atoms with E-state index in [4.69, 9.17) is 1.37 Å². The lowest BCUT2D eigenvalue weighted by Gasteiger charge is -2.43. The summed E-state index contributed by atoms with van der Waals surface area (Å²) in [5.41, 5.74) is 19.6. The Hall–Kier alpha value is -13.4. The van der Waals surface area contributed by atoms with E-state index in [9.17, 15) is 16.4 Å². The summed E-state index contributed by atoms with van der Waals surface area (Å²) in [6.07, 6.45) is 0. The van der Waals surface area contributed by atoms with Crippen LogP contribution < -0.4 is 21.3 Å². The molecule has 0 saturated heterocycles. The van der Waals surface area contributed by atoms with Gasteiger partial charge < -0.3 is 23.0 Å². The first kappa shape index (κ1) is 54.3. The number of anilines is 3. The molecule has 2 aliphatic heterocycles. The fraction of sp³-hybridized carbons (Fsp3) is 0.111. The normalized spacial score (nSPS) is 14.7. The fourth-order valence-electron chi connectivity index (χ4n) is 19.3. The molecule has 0 bridgehead atoms. The van der Waals surface area contributed by atoms with Crippen molar-refractivity contribution in [1.29, 1.82) is 0 Å². The van der Waals surface area contributed by atoms with Gasteiger partial charge in [-0.15, -0.1) is 0 Å². The average molecular weight is 1470 g/mol. The number of para-hydroxylation sites is 4. The number of hydrogen-bond acceptors (Lipinski definition) is 1. The van der Waals surface area contributed by atoms with Gasteiger partial charge in [0.05, 0.1) is 73.3 Å². The Morgan fingerprint density at radius 1 is 0.272 bits per heavy atom. The van der Waals surface area contributed by atoms with Gasteiger partial charge in [-0.05, 0) is 190 Å². The van der Waals surface area contributed by atoms with Crippen LogP contribution in [0.25, 0.3) is 176 Å². The Balaban J connectivity index is 0.983. The monoisotopic (exact) mass is 1470 g/mol. The number of rotatable bonds is 6. The van der Waals surface area contributed by atoms with Gasteiger partial charge in [0, 0.05) is 93.3 Å². The topological polar surface area (TPSA) is 22.4 Å². The zero-order valence-corrected chi connectivity index (χ0v) is 64.6. The predicted molar refractivity (Wildman–Crippen MR) is 489 cm³/mol. The van der Waals surface area contributed by atoms with Gasteiger partial charge in [-0.2, -0.15) is 0 Å². The molecule has 0 fully saturated rings. The fourth-order valence-corrected chi connectivity index (χ4v) is 19.3. The van der Waals surface area contributed by atoms with Crippen molar-refractivity contribution in [1.82, 2.24) is 18.1 Å². The van der Waals surface area contributed by atoms with E-state index in [2.05, 4.69) is 305 Å². The second-order valence-corrected chi connectivity index (χ2v) is 34.2. The van der Waals surface area contributed by atoms with Crippen LogP contribution in [-0.2, 0) is 16.2 Å². The zero-order valence-electron chi connectivity index (χ0n) is 77.6. The molecular weight excluding hydrogens is 1380 g/mol. The van der Waals surface area contributed by atoms with Gasteiger partial charge in [0.25, 0.3) is 6.71 Å². The summed E-state index contributed by atoms with van der Waals surface area (Å²) < 4.78 is 134. The number of benzene rings is 16. The largest absolute Gasteiger partial charge is 0.310 e. The summed E-state index contributed by atoms with van der Waals surface area (Å²) in [5, 5.41) is 11.6. The predicted octanol–water partition coefficient (Wildman–Crippen LogP) is 27.1. The van der Waals surface area contributed by atoms with Crippen molar-refractivity contribution < 1.29 is 17.8 Å².